The van der Waals surface area contributed by atoms with Crippen molar-refractivity contribution >= 4 is 17.3 Å². The fourth-order valence-electron chi connectivity index (χ4n) is 1.81. The van der Waals surface area contributed by atoms with Crippen molar-refractivity contribution < 1.29 is 22.8 Å². The van der Waals surface area contributed by atoms with E-state index in [-0.39, 0.29) is 17.5 Å². The van der Waals surface area contributed by atoms with E-state index >= 15 is 0 Å². The van der Waals surface area contributed by atoms with E-state index in [4.69, 9.17) is 4.74 Å². The second-order valence-electron chi connectivity index (χ2n) is 5.37. The first-order chi connectivity index (χ1) is 10.6. The lowest BCUT2D eigenvalue weighted by molar-refractivity contribution is -0.388. The van der Waals surface area contributed by atoms with Gasteiger partial charge >= 0.3 is 6.18 Å². The first kappa shape index (κ1) is 18.9. The Kier molecular flexibility index (Phi) is 6.12. The second-order valence-corrected chi connectivity index (χ2v) is 5.37. The minimum atomic E-state index is -4.83. The highest BCUT2D eigenvalue weighted by atomic mass is 19.4. The maximum Gasteiger partial charge on any atom is 0.423 e. The smallest absolute Gasteiger partial charge is 0.423 e. The molecule has 0 aliphatic heterocycles. The molecule has 0 saturated carbocycles. The van der Waals surface area contributed by atoms with E-state index in [2.05, 4.69) is 4.99 Å². The number of rotatable bonds is 5. The largest absolute Gasteiger partial charge is 0.481 e. The maximum absolute atomic E-state index is 13.0. The fourth-order valence-corrected chi connectivity index (χ4v) is 1.81. The van der Waals surface area contributed by atoms with Gasteiger partial charge in [-0.05, 0) is 25.0 Å². The Labute approximate surface area is 132 Å². The predicted octanol–water partition coefficient (Wildman–Crippen LogP) is 4.97. The SMILES string of the molecule is CCO/C(=N\c1ccc([N+](=O)[O-])c(C(F)(F)F)c1)C(C)C(C)C. The Hall–Kier alpha value is -2.12. The molecule has 1 atom stereocenters. The summed E-state index contributed by atoms with van der Waals surface area (Å²) >= 11 is 0. The van der Waals surface area contributed by atoms with Crippen LogP contribution in [0.15, 0.2) is 23.2 Å². The normalized spacial score (nSPS) is 14.0. The van der Waals surface area contributed by atoms with Crippen molar-refractivity contribution in [3.63, 3.8) is 0 Å². The third kappa shape index (κ3) is 4.94. The van der Waals surface area contributed by atoms with Crippen molar-refractivity contribution in [1.29, 1.82) is 0 Å². The monoisotopic (exact) mass is 332 g/mol. The zero-order valence-corrected chi connectivity index (χ0v) is 13.3. The van der Waals surface area contributed by atoms with Crippen LogP contribution in [-0.4, -0.2) is 17.4 Å². The number of ether oxygens (including phenoxy) is 1. The van der Waals surface area contributed by atoms with E-state index in [0.717, 1.165) is 6.07 Å². The minimum absolute atomic E-state index is 0.0288. The van der Waals surface area contributed by atoms with Crippen LogP contribution < -0.4 is 0 Å². The average Bonchev–Trinajstić information content (AvgIpc) is 2.44. The van der Waals surface area contributed by atoms with Crippen LogP contribution in [0.5, 0.6) is 0 Å². The Morgan fingerprint density at radius 3 is 2.39 bits per heavy atom. The summed E-state index contributed by atoms with van der Waals surface area (Å²) in [7, 11) is 0. The highest BCUT2D eigenvalue weighted by Crippen LogP contribution is 2.38. The Morgan fingerprint density at radius 1 is 1.35 bits per heavy atom. The molecular formula is C15H19F3N2O3. The zero-order valence-electron chi connectivity index (χ0n) is 13.3. The second kappa shape index (κ2) is 7.43. The third-order valence-corrected chi connectivity index (χ3v) is 3.40. The summed E-state index contributed by atoms with van der Waals surface area (Å²) < 4.78 is 44.3. The first-order valence-electron chi connectivity index (χ1n) is 7.14. The third-order valence-electron chi connectivity index (χ3n) is 3.40. The molecule has 1 unspecified atom stereocenters. The summed E-state index contributed by atoms with van der Waals surface area (Å²) in [5.74, 6) is 0.393. The van der Waals surface area contributed by atoms with Crippen molar-refractivity contribution in [3.8, 4) is 0 Å². The van der Waals surface area contributed by atoms with Gasteiger partial charge in [0, 0.05) is 12.0 Å². The predicted molar refractivity (Wildman–Crippen MR) is 80.8 cm³/mol. The quantitative estimate of drug-likeness (QED) is 0.331. The molecule has 0 N–H and O–H groups in total. The molecule has 128 valence electrons. The van der Waals surface area contributed by atoms with E-state index in [1.165, 1.54) is 6.07 Å². The summed E-state index contributed by atoms with van der Waals surface area (Å²) in [6, 6.07) is 2.66. The van der Waals surface area contributed by atoms with Gasteiger partial charge in [0.25, 0.3) is 5.69 Å². The number of hydrogen-bond donors (Lipinski definition) is 0. The molecule has 0 spiro atoms. The van der Waals surface area contributed by atoms with Gasteiger partial charge in [-0.3, -0.25) is 10.1 Å². The van der Waals surface area contributed by atoms with Crippen LogP contribution in [0.2, 0.25) is 0 Å². The number of nitrogens with zero attached hydrogens (tertiary/aromatic N) is 2. The van der Waals surface area contributed by atoms with Crippen LogP contribution in [0.3, 0.4) is 0 Å². The van der Waals surface area contributed by atoms with Gasteiger partial charge in [-0.15, -0.1) is 0 Å². The number of nitro benzene ring substituents is 1. The molecular weight excluding hydrogens is 313 g/mol. The van der Waals surface area contributed by atoms with Crippen LogP contribution >= 0.6 is 0 Å². The van der Waals surface area contributed by atoms with Crippen molar-refractivity contribution in [2.75, 3.05) is 6.61 Å². The van der Waals surface area contributed by atoms with Crippen LogP contribution in [0.4, 0.5) is 24.5 Å². The number of hydrogen-bond acceptors (Lipinski definition) is 4. The summed E-state index contributed by atoms with van der Waals surface area (Å²) in [5, 5.41) is 10.7. The molecule has 0 heterocycles. The lowest BCUT2D eigenvalue weighted by Crippen LogP contribution is -2.20. The molecule has 0 amide bonds. The van der Waals surface area contributed by atoms with E-state index in [1.807, 2.05) is 20.8 Å². The van der Waals surface area contributed by atoms with E-state index in [0.29, 0.717) is 18.6 Å². The summed E-state index contributed by atoms with van der Waals surface area (Å²) in [6.45, 7) is 7.82. The van der Waals surface area contributed by atoms with E-state index in [1.54, 1.807) is 6.92 Å². The van der Waals surface area contributed by atoms with Crippen LogP contribution in [0.1, 0.15) is 33.3 Å². The van der Waals surface area contributed by atoms with Gasteiger partial charge in [0.1, 0.15) is 5.56 Å². The van der Waals surface area contributed by atoms with E-state index < -0.39 is 22.4 Å². The molecule has 0 saturated heterocycles. The van der Waals surface area contributed by atoms with E-state index in [9.17, 15) is 23.3 Å². The molecule has 0 radical (unpaired) electrons. The van der Waals surface area contributed by atoms with Crippen molar-refractivity contribution in [3.05, 3.63) is 33.9 Å². The molecule has 0 bridgehead atoms. The van der Waals surface area contributed by atoms with Gasteiger partial charge in [-0.1, -0.05) is 20.8 Å². The molecule has 5 nitrogen and oxygen atoms in total. The van der Waals surface area contributed by atoms with Gasteiger partial charge in [-0.2, -0.15) is 13.2 Å². The number of nitro groups is 1. The Morgan fingerprint density at radius 2 is 1.96 bits per heavy atom. The molecule has 0 fully saturated rings. The lowest BCUT2D eigenvalue weighted by Gasteiger charge is -2.18. The molecule has 1 aromatic rings. The molecule has 1 aromatic carbocycles. The standard InChI is InChI=1S/C15H19F3N2O3/c1-5-23-14(10(4)9(2)3)19-11-6-7-13(20(21)22)12(8-11)15(16,17)18/h6-10H,5H2,1-4H3/b19-14-. The van der Waals surface area contributed by atoms with Gasteiger partial charge in [0.15, 0.2) is 5.90 Å². The number of alkyl halides is 3. The molecule has 0 aliphatic carbocycles. The van der Waals surface area contributed by atoms with Crippen LogP contribution in [0, 0.1) is 22.0 Å². The lowest BCUT2D eigenvalue weighted by atomic mass is 9.98. The molecule has 1 rings (SSSR count). The van der Waals surface area contributed by atoms with Crippen LogP contribution in [-0.2, 0) is 10.9 Å². The molecule has 23 heavy (non-hydrogen) atoms. The fraction of sp³-hybridized carbons (Fsp3) is 0.533. The van der Waals surface area contributed by atoms with Gasteiger partial charge < -0.3 is 4.74 Å². The maximum atomic E-state index is 13.0. The minimum Gasteiger partial charge on any atom is -0.481 e. The first-order valence-corrected chi connectivity index (χ1v) is 7.14. The number of benzene rings is 1. The van der Waals surface area contributed by atoms with Crippen molar-refractivity contribution in [2.45, 2.75) is 33.9 Å². The summed E-state index contributed by atoms with van der Waals surface area (Å²) in [5.41, 5.74) is -2.35. The highest BCUT2D eigenvalue weighted by Gasteiger charge is 2.38. The average molecular weight is 332 g/mol. The zero-order chi connectivity index (χ0) is 17.8. The van der Waals surface area contributed by atoms with Gasteiger partial charge in [0.05, 0.1) is 17.2 Å². The molecule has 0 aromatic heterocycles. The molecule has 8 heteroatoms. The van der Waals surface area contributed by atoms with Crippen LogP contribution in [0.25, 0.3) is 0 Å². The Balaban J connectivity index is 3.37. The summed E-state index contributed by atoms with van der Waals surface area (Å²) in [4.78, 5) is 13.8. The van der Waals surface area contributed by atoms with Gasteiger partial charge in [0.2, 0.25) is 0 Å². The molecule has 0 aliphatic rings. The number of aliphatic imine (C=N–C) groups is 1. The highest BCUT2D eigenvalue weighted by molar-refractivity contribution is 5.81. The topological polar surface area (TPSA) is 64.7 Å². The van der Waals surface area contributed by atoms with Crippen molar-refractivity contribution in [2.24, 2.45) is 16.8 Å². The number of halogens is 3. The Bertz CT molecular complexity index is 598. The summed E-state index contributed by atoms with van der Waals surface area (Å²) in [6.07, 6.45) is -4.83. The van der Waals surface area contributed by atoms with Gasteiger partial charge in [-0.25, -0.2) is 4.99 Å². The van der Waals surface area contributed by atoms with Crippen molar-refractivity contribution in [1.82, 2.24) is 0 Å².